The smallest absolute Gasteiger partial charge is 0.266 e. The van der Waals surface area contributed by atoms with Crippen molar-refractivity contribution in [3.05, 3.63) is 83.1 Å². The molecule has 0 atom stereocenters. The Balaban J connectivity index is 1.72. The normalized spacial score (nSPS) is 12.0. The molecule has 0 saturated carbocycles. The predicted molar refractivity (Wildman–Crippen MR) is 109 cm³/mol. The summed E-state index contributed by atoms with van der Waals surface area (Å²) in [6.45, 7) is 0. The van der Waals surface area contributed by atoms with Crippen molar-refractivity contribution in [2.24, 2.45) is 0 Å². The van der Waals surface area contributed by atoms with Crippen LogP contribution in [0.15, 0.2) is 71.9 Å². The maximum Gasteiger partial charge on any atom is 0.266 e. The van der Waals surface area contributed by atoms with Gasteiger partial charge in [0.2, 0.25) is 0 Å². The van der Waals surface area contributed by atoms with Crippen molar-refractivity contribution in [2.45, 2.75) is 0 Å². The van der Waals surface area contributed by atoms with Gasteiger partial charge in [-0.3, -0.25) is 9.59 Å². The fourth-order valence-electron chi connectivity index (χ4n) is 3.30. The maximum absolute atomic E-state index is 13.0. The van der Waals surface area contributed by atoms with Crippen LogP contribution in [0.3, 0.4) is 0 Å². The second kappa shape index (κ2) is 7.24. The molecule has 4 rings (SSSR count). The van der Waals surface area contributed by atoms with Gasteiger partial charge in [0.05, 0.1) is 16.8 Å². The standard InChI is InChI=1S/C23H11N5O2/c24-11-16(12-25)21(13-26)27-17-6-8-19-20(10-17)23(30)28(22(19)29)18-7-5-14-3-1-2-4-15(14)9-18/h1-10,27H. The van der Waals surface area contributed by atoms with E-state index in [9.17, 15) is 14.9 Å². The molecule has 0 aromatic heterocycles. The molecule has 3 aromatic carbocycles. The number of carbonyl (C=O) groups excluding carboxylic acids is 2. The van der Waals surface area contributed by atoms with E-state index in [4.69, 9.17) is 10.5 Å². The minimum atomic E-state index is -0.489. The third-order valence-corrected chi connectivity index (χ3v) is 4.73. The van der Waals surface area contributed by atoms with Gasteiger partial charge in [-0.1, -0.05) is 30.3 Å². The first-order valence-corrected chi connectivity index (χ1v) is 8.80. The Hall–Kier alpha value is -4.93. The fourth-order valence-corrected chi connectivity index (χ4v) is 3.30. The van der Waals surface area contributed by atoms with E-state index in [0.717, 1.165) is 15.7 Å². The molecule has 0 aliphatic carbocycles. The molecule has 0 saturated heterocycles. The van der Waals surface area contributed by atoms with Gasteiger partial charge in [-0.2, -0.15) is 15.8 Å². The van der Waals surface area contributed by atoms with E-state index >= 15 is 0 Å². The summed E-state index contributed by atoms with van der Waals surface area (Å²) in [7, 11) is 0. The Morgan fingerprint density at radius 1 is 0.767 bits per heavy atom. The molecule has 0 fully saturated rings. The lowest BCUT2D eigenvalue weighted by molar-refractivity contribution is 0.0926. The molecule has 1 heterocycles. The van der Waals surface area contributed by atoms with Crippen LogP contribution < -0.4 is 10.2 Å². The minimum Gasteiger partial charge on any atom is -0.345 e. The van der Waals surface area contributed by atoms with Crippen LogP contribution in [-0.2, 0) is 0 Å². The number of nitriles is 3. The highest BCUT2D eigenvalue weighted by Gasteiger charge is 2.37. The number of imide groups is 1. The van der Waals surface area contributed by atoms with E-state index in [1.807, 2.05) is 30.3 Å². The van der Waals surface area contributed by atoms with Crippen molar-refractivity contribution < 1.29 is 9.59 Å². The van der Waals surface area contributed by atoms with Gasteiger partial charge >= 0.3 is 0 Å². The molecule has 3 aromatic rings. The molecule has 1 aliphatic heterocycles. The molecule has 140 valence electrons. The molecule has 7 nitrogen and oxygen atoms in total. The van der Waals surface area contributed by atoms with E-state index in [0.29, 0.717) is 11.4 Å². The van der Waals surface area contributed by atoms with E-state index in [1.54, 1.807) is 30.3 Å². The number of anilines is 2. The molecular weight excluding hydrogens is 378 g/mol. The van der Waals surface area contributed by atoms with Gasteiger partial charge in [-0.15, -0.1) is 0 Å². The summed E-state index contributed by atoms with van der Waals surface area (Å²) in [5.41, 5.74) is 0.576. The third-order valence-electron chi connectivity index (χ3n) is 4.73. The number of nitrogens with zero attached hydrogens (tertiary/aromatic N) is 4. The summed E-state index contributed by atoms with van der Waals surface area (Å²) >= 11 is 0. The van der Waals surface area contributed by atoms with Crippen molar-refractivity contribution in [1.82, 2.24) is 0 Å². The highest BCUT2D eigenvalue weighted by molar-refractivity contribution is 6.34. The lowest BCUT2D eigenvalue weighted by atomic mass is 10.1. The summed E-state index contributed by atoms with van der Waals surface area (Å²) in [6, 6.07) is 22.4. The van der Waals surface area contributed by atoms with Crippen LogP contribution in [0.25, 0.3) is 10.8 Å². The van der Waals surface area contributed by atoms with Crippen molar-refractivity contribution in [1.29, 1.82) is 15.8 Å². The second-order valence-electron chi connectivity index (χ2n) is 6.45. The SMILES string of the molecule is N#CC(C#N)=C(C#N)Nc1ccc2c(c1)C(=O)N(c1ccc3ccccc3c1)C2=O. The number of allylic oxidation sites excluding steroid dienone is 2. The van der Waals surface area contributed by atoms with Crippen LogP contribution in [0.2, 0.25) is 0 Å². The van der Waals surface area contributed by atoms with Crippen molar-refractivity contribution in [3.63, 3.8) is 0 Å². The Morgan fingerprint density at radius 2 is 1.47 bits per heavy atom. The van der Waals surface area contributed by atoms with Crippen molar-refractivity contribution in [3.8, 4) is 18.2 Å². The fraction of sp³-hybridized carbons (Fsp3) is 0. The lowest BCUT2D eigenvalue weighted by Gasteiger charge is -2.14. The molecule has 0 spiro atoms. The average molecular weight is 389 g/mol. The zero-order valence-corrected chi connectivity index (χ0v) is 15.4. The van der Waals surface area contributed by atoms with E-state index in [-0.39, 0.29) is 22.4 Å². The van der Waals surface area contributed by atoms with Crippen LogP contribution >= 0.6 is 0 Å². The Bertz CT molecular complexity index is 1380. The van der Waals surface area contributed by atoms with Gasteiger partial charge in [0.1, 0.15) is 23.9 Å². The highest BCUT2D eigenvalue weighted by atomic mass is 16.2. The number of hydrogen-bond acceptors (Lipinski definition) is 6. The first-order valence-electron chi connectivity index (χ1n) is 8.80. The lowest BCUT2D eigenvalue weighted by Crippen LogP contribution is -2.29. The summed E-state index contributed by atoms with van der Waals surface area (Å²) in [6.07, 6.45) is 0. The van der Waals surface area contributed by atoms with Gasteiger partial charge < -0.3 is 5.32 Å². The minimum absolute atomic E-state index is 0.172. The van der Waals surface area contributed by atoms with Gasteiger partial charge in [0.25, 0.3) is 11.8 Å². The summed E-state index contributed by atoms with van der Waals surface area (Å²) in [5, 5.41) is 31.6. The van der Waals surface area contributed by atoms with E-state index in [1.165, 1.54) is 18.2 Å². The molecule has 0 bridgehead atoms. The molecule has 30 heavy (non-hydrogen) atoms. The van der Waals surface area contributed by atoms with E-state index in [2.05, 4.69) is 5.32 Å². The third kappa shape index (κ3) is 2.92. The molecule has 0 radical (unpaired) electrons. The van der Waals surface area contributed by atoms with E-state index < -0.39 is 11.8 Å². The first kappa shape index (κ1) is 18.4. The summed E-state index contributed by atoms with van der Waals surface area (Å²) in [4.78, 5) is 27.0. The van der Waals surface area contributed by atoms with Gasteiger partial charge in [-0.25, -0.2) is 4.90 Å². The number of rotatable bonds is 3. The quantitative estimate of drug-likeness (QED) is 0.536. The number of nitrogens with one attached hydrogen (secondary N) is 1. The highest BCUT2D eigenvalue weighted by Crippen LogP contribution is 2.32. The van der Waals surface area contributed by atoms with Gasteiger partial charge in [0.15, 0.2) is 5.57 Å². The van der Waals surface area contributed by atoms with Gasteiger partial charge in [-0.05, 0) is 41.1 Å². The Kier molecular flexibility index (Phi) is 4.45. The van der Waals surface area contributed by atoms with Crippen LogP contribution in [0.1, 0.15) is 20.7 Å². The van der Waals surface area contributed by atoms with Crippen LogP contribution in [-0.4, -0.2) is 11.8 Å². The van der Waals surface area contributed by atoms with Crippen molar-refractivity contribution >= 4 is 34.0 Å². The number of carbonyl (C=O) groups is 2. The Labute approximate surface area is 171 Å². The molecule has 1 N–H and O–H groups in total. The molecular formula is C23H11N5O2. The number of amides is 2. The van der Waals surface area contributed by atoms with Gasteiger partial charge in [0, 0.05) is 5.69 Å². The predicted octanol–water partition coefficient (Wildman–Crippen LogP) is 3.88. The van der Waals surface area contributed by atoms with Crippen LogP contribution in [0, 0.1) is 34.0 Å². The number of hydrogen-bond donors (Lipinski definition) is 1. The summed E-state index contributed by atoms with van der Waals surface area (Å²) in [5.74, 6) is -0.931. The van der Waals surface area contributed by atoms with Crippen LogP contribution in [0.4, 0.5) is 11.4 Å². The molecule has 0 unspecified atom stereocenters. The molecule has 7 heteroatoms. The number of fused-ring (bicyclic) bond motifs is 2. The summed E-state index contributed by atoms with van der Waals surface area (Å²) < 4.78 is 0. The molecule has 2 amide bonds. The Morgan fingerprint density at radius 3 is 2.17 bits per heavy atom. The molecule has 1 aliphatic rings. The van der Waals surface area contributed by atoms with Crippen LogP contribution in [0.5, 0.6) is 0 Å². The zero-order chi connectivity index (χ0) is 21.3. The zero-order valence-electron chi connectivity index (χ0n) is 15.4. The number of benzene rings is 3. The second-order valence-corrected chi connectivity index (χ2v) is 6.45. The maximum atomic E-state index is 13.0. The monoisotopic (exact) mass is 389 g/mol. The van der Waals surface area contributed by atoms with Crippen molar-refractivity contribution in [2.75, 3.05) is 10.2 Å². The largest absolute Gasteiger partial charge is 0.345 e. The topological polar surface area (TPSA) is 121 Å². The first-order chi connectivity index (χ1) is 14.6. The average Bonchev–Trinajstić information content (AvgIpc) is 3.03.